The van der Waals surface area contributed by atoms with E-state index in [0.29, 0.717) is 25.3 Å². The molecule has 3 rings (SSSR count). The lowest BCUT2D eigenvalue weighted by atomic mass is 10.1. The molecule has 31 heavy (non-hydrogen) atoms. The zero-order valence-electron chi connectivity index (χ0n) is 18.6. The lowest BCUT2D eigenvalue weighted by molar-refractivity contribution is -0.139. The zero-order chi connectivity index (χ0) is 22.5. The summed E-state index contributed by atoms with van der Waals surface area (Å²) in [4.78, 5) is 29.1. The lowest BCUT2D eigenvalue weighted by Gasteiger charge is -2.27. The molecule has 1 aliphatic rings. The summed E-state index contributed by atoms with van der Waals surface area (Å²) < 4.78 is 24.4. The van der Waals surface area contributed by atoms with E-state index in [2.05, 4.69) is 5.16 Å². The van der Waals surface area contributed by atoms with Crippen molar-refractivity contribution < 1.29 is 23.2 Å². The molecule has 1 aromatic carbocycles. The van der Waals surface area contributed by atoms with Crippen LogP contribution in [-0.2, 0) is 27.4 Å². The van der Waals surface area contributed by atoms with Gasteiger partial charge >= 0.3 is 0 Å². The number of halogens is 1. The molecule has 2 amide bonds. The molecule has 1 fully saturated rings. The summed E-state index contributed by atoms with van der Waals surface area (Å²) in [5.74, 6) is 0.219. The average molecular weight is 432 g/mol. The number of aryl methyl sites for hydroxylation is 2. The fourth-order valence-corrected chi connectivity index (χ4v) is 3.78. The van der Waals surface area contributed by atoms with Gasteiger partial charge < -0.3 is 19.1 Å². The summed E-state index contributed by atoms with van der Waals surface area (Å²) in [6, 6.07) is 6.12. The Morgan fingerprint density at radius 3 is 2.58 bits per heavy atom. The van der Waals surface area contributed by atoms with Crippen LogP contribution in [0.4, 0.5) is 4.39 Å². The van der Waals surface area contributed by atoms with E-state index in [9.17, 15) is 14.0 Å². The quantitative estimate of drug-likeness (QED) is 0.674. The molecule has 0 saturated carbocycles. The SMILES string of the molecule is Cc1noc(C)c1CCC(=O)N1CC(=O)N(C(C)C)CC(OCc2ccc(F)cc2)C1. The number of carbonyl (C=O) groups excluding carboxylic acids is 2. The number of hydrogen-bond donors (Lipinski definition) is 0. The van der Waals surface area contributed by atoms with E-state index in [1.807, 2.05) is 27.7 Å². The number of carbonyl (C=O) groups is 2. The highest BCUT2D eigenvalue weighted by Crippen LogP contribution is 2.18. The topological polar surface area (TPSA) is 75.9 Å². The number of hydrogen-bond acceptors (Lipinski definition) is 5. The summed E-state index contributed by atoms with van der Waals surface area (Å²) >= 11 is 0. The second-order valence-electron chi connectivity index (χ2n) is 8.28. The molecule has 1 atom stereocenters. The minimum atomic E-state index is -0.332. The van der Waals surface area contributed by atoms with Crippen molar-refractivity contribution in [2.45, 2.75) is 59.3 Å². The van der Waals surface area contributed by atoms with Gasteiger partial charge in [-0.2, -0.15) is 0 Å². The first-order chi connectivity index (χ1) is 14.7. The van der Waals surface area contributed by atoms with Crippen molar-refractivity contribution in [2.24, 2.45) is 0 Å². The Morgan fingerprint density at radius 2 is 1.97 bits per heavy atom. The van der Waals surface area contributed by atoms with Crippen LogP contribution in [-0.4, -0.2) is 58.6 Å². The van der Waals surface area contributed by atoms with Gasteiger partial charge in [0.05, 0.1) is 24.9 Å². The Kier molecular flexibility index (Phi) is 7.43. The van der Waals surface area contributed by atoms with Crippen LogP contribution >= 0.6 is 0 Å². The fraction of sp³-hybridized carbons (Fsp3) is 0.522. The van der Waals surface area contributed by atoms with Crippen LogP contribution in [0.3, 0.4) is 0 Å². The van der Waals surface area contributed by atoms with Gasteiger partial charge in [0.1, 0.15) is 11.6 Å². The Bertz CT molecular complexity index is 891. The van der Waals surface area contributed by atoms with E-state index < -0.39 is 0 Å². The first-order valence-corrected chi connectivity index (χ1v) is 10.6. The Balaban J connectivity index is 1.67. The van der Waals surface area contributed by atoms with E-state index >= 15 is 0 Å². The molecule has 0 bridgehead atoms. The van der Waals surface area contributed by atoms with Gasteiger partial charge in [0.15, 0.2) is 0 Å². The molecule has 0 radical (unpaired) electrons. The first kappa shape index (κ1) is 22.9. The van der Waals surface area contributed by atoms with Crippen LogP contribution in [0.15, 0.2) is 28.8 Å². The highest BCUT2D eigenvalue weighted by Gasteiger charge is 2.32. The number of rotatable bonds is 7. The monoisotopic (exact) mass is 431 g/mol. The third-order valence-corrected chi connectivity index (χ3v) is 5.62. The van der Waals surface area contributed by atoms with Gasteiger partial charge in [0, 0.05) is 31.1 Å². The summed E-state index contributed by atoms with van der Waals surface area (Å²) in [5.41, 5.74) is 2.55. The highest BCUT2D eigenvalue weighted by atomic mass is 19.1. The van der Waals surface area contributed by atoms with Crippen molar-refractivity contribution in [1.29, 1.82) is 0 Å². The normalized spacial score (nSPS) is 17.4. The van der Waals surface area contributed by atoms with Crippen LogP contribution in [0.5, 0.6) is 0 Å². The molecule has 0 spiro atoms. The molecule has 1 aromatic heterocycles. The van der Waals surface area contributed by atoms with Crippen molar-refractivity contribution in [3.63, 3.8) is 0 Å². The van der Waals surface area contributed by atoms with Crippen LogP contribution in [0, 0.1) is 19.7 Å². The summed E-state index contributed by atoms with van der Waals surface area (Å²) in [7, 11) is 0. The lowest BCUT2D eigenvalue weighted by Crippen LogP contribution is -2.42. The Morgan fingerprint density at radius 1 is 1.26 bits per heavy atom. The van der Waals surface area contributed by atoms with Gasteiger partial charge in [-0.25, -0.2) is 4.39 Å². The molecule has 1 aliphatic heterocycles. The van der Waals surface area contributed by atoms with Crippen LogP contribution < -0.4 is 0 Å². The van der Waals surface area contributed by atoms with Gasteiger partial charge in [-0.1, -0.05) is 17.3 Å². The molecular weight excluding hydrogens is 401 g/mol. The van der Waals surface area contributed by atoms with Crippen molar-refractivity contribution in [3.8, 4) is 0 Å². The maximum atomic E-state index is 13.1. The minimum Gasteiger partial charge on any atom is -0.370 e. The molecule has 2 aromatic rings. The van der Waals surface area contributed by atoms with Gasteiger partial charge in [0.2, 0.25) is 11.8 Å². The smallest absolute Gasteiger partial charge is 0.242 e. The predicted octanol–water partition coefficient (Wildman–Crippen LogP) is 3.03. The minimum absolute atomic E-state index is 0.00165. The second kappa shape index (κ2) is 10.0. The number of ether oxygens (including phenoxy) is 1. The van der Waals surface area contributed by atoms with Crippen molar-refractivity contribution in [2.75, 3.05) is 19.6 Å². The summed E-state index contributed by atoms with van der Waals surface area (Å²) in [6.45, 7) is 8.64. The fourth-order valence-electron chi connectivity index (χ4n) is 3.78. The first-order valence-electron chi connectivity index (χ1n) is 10.6. The summed E-state index contributed by atoms with van der Waals surface area (Å²) in [6.07, 6.45) is 0.448. The third-order valence-electron chi connectivity index (χ3n) is 5.62. The maximum Gasteiger partial charge on any atom is 0.242 e. The Labute approximate surface area is 182 Å². The molecule has 8 heteroatoms. The Hall–Kier alpha value is -2.74. The molecule has 7 nitrogen and oxygen atoms in total. The molecule has 1 saturated heterocycles. The van der Waals surface area contributed by atoms with E-state index in [-0.39, 0.29) is 49.3 Å². The van der Waals surface area contributed by atoms with Crippen LogP contribution in [0.25, 0.3) is 0 Å². The number of amides is 2. The molecular formula is C23H30FN3O4. The highest BCUT2D eigenvalue weighted by molar-refractivity contribution is 5.85. The molecule has 168 valence electrons. The molecule has 0 aliphatic carbocycles. The second-order valence-corrected chi connectivity index (χ2v) is 8.28. The average Bonchev–Trinajstić information content (AvgIpc) is 2.94. The van der Waals surface area contributed by atoms with Gasteiger partial charge in [-0.05, 0) is 51.8 Å². The van der Waals surface area contributed by atoms with Crippen molar-refractivity contribution >= 4 is 11.8 Å². The number of aromatic nitrogens is 1. The van der Waals surface area contributed by atoms with E-state index in [0.717, 1.165) is 16.8 Å². The third kappa shape index (κ3) is 5.91. The number of nitrogens with zero attached hydrogens (tertiary/aromatic N) is 3. The largest absolute Gasteiger partial charge is 0.370 e. The zero-order valence-corrected chi connectivity index (χ0v) is 18.6. The van der Waals surface area contributed by atoms with Gasteiger partial charge in [-0.15, -0.1) is 0 Å². The van der Waals surface area contributed by atoms with Gasteiger partial charge in [0.25, 0.3) is 0 Å². The molecule has 0 N–H and O–H groups in total. The van der Waals surface area contributed by atoms with E-state index in [1.54, 1.807) is 21.9 Å². The van der Waals surface area contributed by atoms with E-state index in [1.165, 1.54) is 12.1 Å². The predicted molar refractivity (Wildman–Crippen MR) is 113 cm³/mol. The standard InChI is InChI=1S/C23H30FN3O4/c1-15(2)27-12-20(30-14-18-5-7-19(24)8-6-18)11-26(13-23(27)29)22(28)10-9-21-16(3)25-31-17(21)4/h5-8,15,20H,9-14H2,1-4H3. The molecule has 2 heterocycles. The van der Waals surface area contributed by atoms with Crippen molar-refractivity contribution in [1.82, 2.24) is 15.0 Å². The van der Waals surface area contributed by atoms with Crippen LogP contribution in [0.2, 0.25) is 0 Å². The maximum absolute atomic E-state index is 13.1. The summed E-state index contributed by atoms with van der Waals surface area (Å²) in [5, 5.41) is 3.93. The number of benzene rings is 1. The van der Waals surface area contributed by atoms with Crippen LogP contribution in [0.1, 0.15) is 42.8 Å². The van der Waals surface area contributed by atoms with Crippen molar-refractivity contribution in [3.05, 3.63) is 52.7 Å². The van der Waals surface area contributed by atoms with Gasteiger partial charge in [-0.3, -0.25) is 9.59 Å². The molecule has 1 unspecified atom stereocenters. The van der Waals surface area contributed by atoms with E-state index in [4.69, 9.17) is 9.26 Å².